The molecule has 0 bridgehead atoms. The minimum absolute atomic E-state index is 0.224. The maximum absolute atomic E-state index is 12.3. The van der Waals surface area contributed by atoms with Crippen LogP contribution in [-0.2, 0) is 9.59 Å². The third-order valence-electron chi connectivity index (χ3n) is 5.08. The number of aromatic nitrogens is 2. The van der Waals surface area contributed by atoms with Crippen LogP contribution >= 0.6 is 0 Å². The molecule has 0 unspecified atom stereocenters. The summed E-state index contributed by atoms with van der Waals surface area (Å²) in [4.78, 5) is 37.2. The van der Waals surface area contributed by atoms with E-state index in [2.05, 4.69) is 25.6 Å². The Morgan fingerprint density at radius 1 is 1.19 bits per heavy atom. The highest BCUT2D eigenvalue weighted by Crippen LogP contribution is 2.31. The van der Waals surface area contributed by atoms with Crippen LogP contribution in [0.4, 0.5) is 11.5 Å². The number of carbonyl (C=O) groups excluding carboxylic acids is 2. The Morgan fingerprint density at radius 3 is 2.72 bits per heavy atom. The summed E-state index contributed by atoms with van der Waals surface area (Å²) in [6.45, 7) is 1.99. The Balaban J connectivity index is 1.53. The molecule has 3 aromatic rings. The quantitative estimate of drug-likeness (QED) is 0.278. The average molecular weight is 429 g/mol. The van der Waals surface area contributed by atoms with E-state index in [9.17, 15) is 9.59 Å². The molecule has 2 heterocycles. The number of amides is 2. The number of aliphatic imine (C=N–C) groups is 1. The molecule has 1 aromatic carbocycles. The van der Waals surface area contributed by atoms with Gasteiger partial charge in [-0.25, -0.2) is 4.98 Å². The summed E-state index contributed by atoms with van der Waals surface area (Å²) in [6.07, 6.45) is 9.75. The Morgan fingerprint density at radius 2 is 2.00 bits per heavy atom. The molecule has 32 heavy (non-hydrogen) atoms. The van der Waals surface area contributed by atoms with Crippen molar-refractivity contribution in [1.82, 2.24) is 15.3 Å². The molecule has 0 aliphatic heterocycles. The van der Waals surface area contributed by atoms with Crippen LogP contribution in [0.3, 0.4) is 0 Å². The van der Waals surface area contributed by atoms with E-state index in [0.29, 0.717) is 5.69 Å². The largest absolute Gasteiger partial charge is 0.403 e. The molecule has 6 N–H and O–H groups in total. The molecule has 1 aliphatic rings. The summed E-state index contributed by atoms with van der Waals surface area (Å²) in [6, 6.07) is 7.66. The number of nitrogens with two attached hydrogens (primary N) is 2. The number of fused-ring (bicyclic) bond motifs is 1. The van der Waals surface area contributed by atoms with Crippen LogP contribution in [0.2, 0.25) is 0 Å². The van der Waals surface area contributed by atoms with Crippen molar-refractivity contribution in [2.75, 3.05) is 11.1 Å². The molecule has 1 fully saturated rings. The first-order valence-corrected chi connectivity index (χ1v) is 10.1. The summed E-state index contributed by atoms with van der Waals surface area (Å²) in [5.41, 5.74) is 15.5. The van der Waals surface area contributed by atoms with Crippen molar-refractivity contribution in [1.29, 1.82) is 0 Å². The van der Waals surface area contributed by atoms with E-state index < -0.39 is 11.8 Å². The van der Waals surface area contributed by atoms with Gasteiger partial charge in [0.2, 0.25) is 0 Å². The van der Waals surface area contributed by atoms with Gasteiger partial charge in [0, 0.05) is 47.6 Å². The third kappa shape index (κ3) is 4.72. The molecule has 9 heteroatoms. The molecule has 0 atom stereocenters. The number of carbonyl (C=O) groups is 2. The number of rotatable bonds is 5. The molecule has 0 radical (unpaired) electrons. The summed E-state index contributed by atoms with van der Waals surface area (Å²) < 4.78 is 0. The zero-order chi connectivity index (χ0) is 22.7. The van der Waals surface area contributed by atoms with E-state index in [1.54, 1.807) is 24.7 Å². The lowest BCUT2D eigenvalue weighted by Crippen LogP contribution is -2.35. The fourth-order valence-electron chi connectivity index (χ4n) is 3.16. The van der Waals surface area contributed by atoms with Crippen LogP contribution in [0.15, 0.2) is 59.7 Å². The standard InChI is InChI=1S/C23H23N7O2/c1-13-4-5-26-11-18(13)14-6-15-8-21(28-12-19(15)20(25)7-14)30-23(32)22(31)29-17(9-24)10-27-16-2-3-16/h4-12,16H,2-3,24-25H2,1H3,(H,29,31)(H,28,30,32). The number of nitrogens with zero attached hydrogens (tertiary/aromatic N) is 3. The first kappa shape index (κ1) is 21.0. The second-order valence-corrected chi connectivity index (χ2v) is 7.59. The molecule has 0 spiro atoms. The zero-order valence-electron chi connectivity index (χ0n) is 17.5. The van der Waals surface area contributed by atoms with Crippen LogP contribution in [-0.4, -0.2) is 34.0 Å². The predicted octanol–water partition coefficient (Wildman–Crippen LogP) is 2.28. The number of allylic oxidation sites excluding steroid dienone is 1. The van der Waals surface area contributed by atoms with Gasteiger partial charge in [-0.1, -0.05) is 0 Å². The molecule has 162 valence electrons. The van der Waals surface area contributed by atoms with Gasteiger partial charge in [0.1, 0.15) is 5.82 Å². The highest BCUT2D eigenvalue weighted by atomic mass is 16.2. The Hall–Kier alpha value is -4.27. The van der Waals surface area contributed by atoms with Crippen LogP contribution in [0.25, 0.3) is 21.9 Å². The molecule has 9 nitrogen and oxygen atoms in total. The van der Waals surface area contributed by atoms with Crippen LogP contribution in [0, 0.1) is 6.92 Å². The normalized spacial score (nSPS) is 14.0. The SMILES string of the molecule is Cc1ccncc1-c1cc(N)c2cnc(NC(=O)C(=O)NC(C=NC3CC3)=CN)cc2c1. The number of pyridine rings is 2. The van der Waals surface area contributed by atoms with Crippen molar-refractivity contribution >= 4 is 40.3 Å². The number of aryl methyl sites for hydroxylation is 1. The Kier molecular flexibility index (Phi) is 5.80. The molecule has 2 amide bonds. The van der Waals surface area contributed by atoms with Crippen molar-refractivity contribution in [3.63, 3.8) is 0 Å². The number of hydrogen-bond acceptors (Lipinski definition) is 7. The van der Waals surface area contributed by atoms with Crippen molar-refractivity contribution in [3.8, 4) is 11.1 Å². The fourth-order valence-corrected chi connectivity index (χ4v) is 3.16. The van der Waals surface area contributed by atoms with Gasteiger partial charge in [0.15, 0.2) is 0 Å². The van der Waals surface area contributed by atoms with Gasteiger partial charge in [-0.15, -0.1) is 0 Å². The minimum Gasteiger partial charge on any atom is -0.403 e. The number of benzene rings is 1. The van der Waals surface area contributed by atoms with E-state index in [-0.39, 0.29) is 17.6 Å². The van der Waals surface area contributed by atoms with Crippen LogP contribution < -0.4 is 22.1 Å². The molecular weight excluding hydrogens is 406 g/mol. The van der Waals surface area contributed by atoms with Crippen LogP contribution in [0.5, 0.6) is 0 Å². The highest BCUT2D eigenvalue weighted by Gasteiger charge is 2.20. The van der Waals surface area contributed by atoms with Crippen LogP contribution in [0.1, 0.15) is 18.4 Å². The fraction of sp³-hybridized carbons (Fsp3) is 0.174. The molecule has 4 rings (SSSR count). The molecule has 1 saturated carbocycles. The smallest absolute Gasteiger partial charge is 0.315 e. The Bertz CT molecular complexity index is 1260. The number of hydrogen-bond donors (Lipinski definition) is 4. The molecule has 1 aliphatic carbocycles. The summed E-state index contributed by atoms with van der Waals surface area (Å²) in [5, 5.41) is 6.45. The zero-order valence-corrected chi connectivity index (χ0v) is 17.5. The number of nitrogens with one attached hydrogen (secondary N) is 2. The van der Waals surface area contributed by atoms with E-state index >= 15 is 0 Å². The maximum Gasteiger partial charge on any atom is 0.315 e. The van der Waals surface area contributed by atoms with Gasteiger partial charge in [0.05, 0.1) is 11.7 Å². The lowest BCUT2D eigenvalue weighted by Gasteiger charge is -2.11. The third-order valence-corrected chi connectivity index (χ3v) is 5.08. The summed E-state index contributed by atoms with van der Waals surface area (Å²) in [7, 11) is 0. The van der Waals surface area contributed by atoms with E-state index in [1.165, 1.54) is 12.4 Å². The maximum atomic E-state index is 12.3. The van der Waals surface area contributed by atoms with E-state index in [0.717, 1.165) is 40.3 Å². The molecular formula is C23H23N7O2. The van der Waals surface area contributed by atoms with Crippen molar-refractivity contribution < 1.29 is 9.59 Å². The van der Waals surface area contributed by atoms with Crippen molar-refractivity contribution in [2.24, 2.45) is 10.7 Å². The average Bonchev–Trinajstić information content (AvgIpc) is 3.61. The number of nitrogen functional groups attached to an aromatic ring is 1. The first-order valence-electron chi connectivity index (χ1n) is 10.1. The summed E-state index contributed by atoms with van der Waals surface area (Å²) in [5.74, 6) is -1.52. The van der Waals surface area contributed by atoms with Gasteiger partial charge < -0.3 is 22.1 Å². The van der Waals surface area contributed by atoms with Gasteiger partial charge >= 0.3 is 11.8 Å². The first-order chi connectivity index (χ1) is 15.4. The second kappa shape index (κ2) is 8.84. The Labute approximate surface area is 184 Å². The molecule has 2 aromatic heterocycles. The van der Waals surface area contributed by atoms with Gasteiger partial charge in [-0.05, 0) is 60.5 Å². The monoisotopic (exact) mass is 429 g/mol. The lowest BCUT2D eigenvalue weighted by molar-refractivity contribution is -0.135. The lowest BCUT2D eigenvalue weighted by atomic mass is 9.99. The predicted molar refractivity (Wildman–Crippen MR) is 125 cm³/mol. The van der Waals surface area contributed by atoms with Gasteiger partial charge in [-0.2, -0.15) is 0 Å². The second-order valence-electron chi connectivity index (χ2n) is 7.59. The minimum atomic E-state index is -0.872. The highest BCUT2D eigenvalue weighted by molar-refractivity contribution is 6.40. The van der Waals surface area contributed by atoms with E-state index in [1.807, 2.05) is 25.1 Å². The number of anilines is 2. The van der Waals surface area contributed by atoms with Crippen molar-refractivity contribution in [2.45, 2.75) is 25.8 Å². The summed E-state index contributed by atoms with van der Waals surface area (Å²) >= 11 is 0. The molecule has 0 saturated heterocycles. The van der Waals surface area contributed by atoms with E-state index in [4.69, 9.17) is 11.5 Å². The topological polar surface area (TPSA) is 148 Å². The van der Waals surface area contributed by atoms with Crippen molar-refractivity contribution in [3.05, 3.63) is 60.3 Å². The van der Waals surface area contributed by atoms with Gasteiger partial charge in [0.25, 0.3) is 0 Å². The van der Waals surface area contributed by atoms with Gasteiger partial charge in [-0.3, -0.25) is 19.6 Å².